The first-order valence-corrected chi connectivity index (χ1v) is 18.8. The minimum absolute atomic E-state index is 1.16. The second-order valence-electron chi connectivity index (χ2n) is 15.2. The van der Waals surface area contributed by atoms with Crippen molar-refractivity contribution in [1.29, 1.82) is 0 Å². The van der Waals surface area contributed by atoms with Crippen LogP contribution in [0.2, 0.25) is 0 Å². The average molecular weight is 689 g/mol. The van der Waals surface area contributed by atoms with Crippen LogP contribution in [-0.4, -0.2) is 0 Å². The Kier molecular flexibility index (Phi) is 8.58. The molecule has 0 bridgehead atoms. The van der Waals surface area contributed by atoms with E-state index in [1.807, 2.05) is 0 Å². The lowest BCUT2D eigenvalue weighted by molar-refractivity contribution is 1.24. The largest absolute Gasteiger partial charge is 0.310 e. The van der Waals surface area contributed by atoms with Crippen LogP contribution in [0.1, 0.15) is 50.1 Å². The van der Waals surface area contributed by atoms with E-state index < -0.39 is 0 Å². The number of hydrogen-bond donors (Lipinski definition) is 0. The Morgan fingerprint density at radius 2 is 0.604 bits per heavy atom. The van der Waals surface area contributed by atoms with Crippen molar-refractivity contribution in [2.24, 2.45) is 0 Å². The molecule has 0 aliphatic heterocycles. The Bertz CT molecular complexity index is 2630. The van der Waals surface area contributed by atoms with Gasteiger partial charge in [0.2, 0.25) is 0 Å². The Balaban J connectivity index is 1.49. The summed E-state index contributed by atoms with van der Waals surface area (Å²) >= 11 is 0. The molecule has 8 rings (SSSR count). The summed E-state index contributed by atoms with van der Waals surface area (Å²) in [5, 5.41) is 7.43. The SMILES string of the molecule is Cc1ccc2c(N(c3ccc(C)c(C)c3)c3ccc(C)c(C)c3)cc3c4ccccc4c(N(c4ccc(C)c(C)c4)c4ccc(C)c(C)c4)cc3c2c1. The number of hydrogen-bond acceptors (Lipinski definition) is 2. The third-order valence-electron chi connectivity index (χ3n) is 11.6. The average Bonchev–Trinajstić information content (AvgIpc) is 3.14. The fraction of sp³-hybridized carbons (Fsp3) is 0.176. The quantitative estimate of drug-likeness (QED) is 0.160. The molecule has 0 amide bonds. The summed E-state index contributed by atoms with van der Waals surface area (Å²) < 4.78 is 0. The van der Waals surface area contributed by atoms with E-state index in [9.17, 15) is 0 Å². The van der Waals surface area contributed by atoms with Crippen molar-refractivity contribution in [1.82, 2.24) is 0 Å². The van der Waals surface area contributed by atoms with E-state index in [-0.39, 0.29) is 0 Å². The highest BCUT2D eigenvalue weighted by Gasteiger charge is 2.23. The van der Waals surface area contributed by atoms with E-state index in [1.165, 1.54) is 93.8 Å². The Morgan fingerprint density at radius 1 is 0.264 bits per heavy atom. The van der Waals surface area contributed by atoms with E-state index >= 15 is 0 Å². The normalized spacial score (nSPS) is 11.5. The predicted octanol–water partition coefficient (Wildman–Crippen LogP) is 14.9. The first-order chi connectivity index (χ1) is 25.5. The molecule has 0 saturated heterocycles. The minimum Gasteiger partial charge on any atom is -0.310 e. The first-order valence-electron chi connectivity index (χ1n) is 18.8. The molecule has 2 nitrogen and oxygen atoms in total. The fourth-order valence-corrected chi connectivity index (χ4v) is 7.76. The molecule has 0 N–H and O–H groups in total. The van der Waals surface area contributed by atoms with Gasteiger partial charge in [0, 0.05) is 33.5 Å². The van der Waals surface area contributed by atoms with Crippen LogP contribution in [0.5, 0.6) is 0 Å². The molecule has 0 aromatic heterocycles. The number of aryl methyl sites for hydroxylation is 9. The second kappa shape index (κ2) is 13.3. The van der Waals surface area contributed by atoms with Gasteiger partial charge in [-0.15, -0.1) is 0 Å². The zero-order chi connectivity index (χ0) is 37.1. The third-order valence-corrected chi connectivity index (χ3v) is 11.6. The summed E-state index contributed by atoms with van der Waals surface area (Å²) in [5.41, 5.74) is 18.6. The number of nitrogens with zero attached hydrogens (tertiary/aromatic N) is 2. The van der Waals surface area contributed by atoms with Crippen molar-refractivity contribution in [3.8, 4) is 0 Å². The van der Waals surface area contributed by atoms with Crippen LogP contribution in [-0.2, 0) is 0 Å². The van der Waals surface area contributed by atoms with Crippen molar-refractivity contribution in [2.45, 2.75) is 62.3 Å². The number of benzene rings is 8. The molecule has 0 radical (unpaired) electrons. The van der Waals surface area contributed by atoms with Crippen molar-refractivity contribution in [3.05, 3.63) is 177 Å². The summed E-state index contributed by atoms with van der Waals surface area (Å²) in [6.07, 6.45) is 0. The summed E-state index contributed by atoms with van der Waals surface area (Å²) in [5.74, 6) is 0. The van der Waals surface area contributed by atoms with Crippen LogP contribution in [0.3, 0.4) is 0 Å². The van der Waals surface area contributed by atoms with Crippen molar-refractivity contribution in [2.75, 3.05) is 9.80 Å². The monoisotopic (exact) mass is 688 g/mol. The molecule has 8 aromatic rings. The van der Waals surface area contributed by atoms with Crippen LogP contribution in [0.15, 0.2) is 127 Å². The highest BCUT2D eigenvalue weighted by atomic mass is 15.2. The highest BCUT2D eigenvalue weighted by molar-refractivity contribution is 6.24. The van der Waals surface area contributed by atoms with E-state index in [2.05, 4.69) is 200 Å². The van der Waals surface area contributed by atoms with E-state index in [1.54, 1.807) is 0 Å². The fourth-order valence-electron chi connectivity index (χ4n) is 7.76. The van der Waals surface area contributed by atoms with Crippen LogP contribution >= 0.6 is 0 Å². The molecule has 8 aromatic carbocycles. The first kappa shape index (κ1) is 34.2. The minimum atomic E-state index is 1.16. The van der Waals surface area contributed by atoms with Crippen LogP contribution in [0, 0.1) is 62.3 Å². The molecule has 0 saturated carbocycles. The third kappa shape index (κ3) is 6.03. The highest BCUT2D eigenvalue weighted by Crippen LogP contribution is 2.48. The van der Waals surface area contributed by atoms with Gasteiger partial charge in [0.05, 0.1) is 11.4 Å². The van der Waals surface area contributed by atoms with Crippen LogP contribution in [0.25, 0.3) is 32.3 Å². The van der Waals surface area contributed by atoms with Gasteiger partial charge in [-0.1, -0.05) is 72.3 Å². The number of fused-ring (bicyclic) bond motifs is 5. The molecule has 0 heterocycles. The smallest absolute Gasteiger partial charge is 0.0546 e. The summed E-state index contributed by atoms with van der Waals surface area (Å²) in [7, 11) is 0. The molecule has 53 heavy (non-hydrogen) atoms. The van der Waals surface area contributed by atoms with Gasteiger partial charge in [0.1, 0.15) is 0 Å². The van der Waals surface area contributed by atoms with Crippen LogP contribution < -0.4 is 9.80 Å². The molecular weight excluding hydrogens is 641 g/mol. The molecule has 0 atom stereocenters. The van der Waals surface area contributed by atoms with Crippen molar-refractivity contribution in [3.63, 3.8) is 0 Å². The zero-order valence-electron chi connectivity index (χ0n) is 32.5. The van der Waals surface area contributed by atoms with Crippen molar-refractivity contribution >= 4 is 66.4 Å². The van der Waals surface area contributed by atoms with E-state index in [0.29, 0.717) is 0 Å². The topological polar surface area (TPSA) is 6.48 Å². The lowest BCUT2D eigenvalue weighted by Gasteiger charge is -2.30. The summed E-state index contributed by atoms with van der Waals surface area (Å²) in [6, 6.07) is 48.3. The molecule has 0 unspecified atom stereocenters. The van der Waals surface area contributed by atoms with Crippen molar-refractivity contribution < 1.29 is 0 Å². The van der Waals surface area contributed by atoms with Gasteiger partial charge in [0.25, 0.3) is 0 Å². The Hall–Kier alpha value is -5.86. The molecule has 0 aliphatic rings. The molecule has 262 valence electrons. The molecule has 0 spiro atoms. The molecule has 0 fully saturated rings. The van der Waals surface area contributed by atoms with Gasteiger partial charge < -0.3 is 9.80 Å². The second-order valence-corrected chi connectivity index (χ2v) is 15.2. The lowest BCUT2D eigenvalue weighted by atomic mass is 9.92. The predicted molar refractivity (Wildman–Crippen MR) is 231 cm³/mol. The van der Waals surface area contributed by atoms with E-state index in [0.717, 1.165) is 22.7 Å². The van der Waals surface area contributed by atoms with Crippen LogP contribution in [0.4, 0.5) is 34.1 Å². The molecule has 0 aliphatic carbocycles. The van der Waals surface area contributed by atoms with Gasteiger partial charge >= 0.3 is 0 Å². The number of rotatable bonds is 6. The lowest BCUT2D eigenvalue weighted by Crippen LogP contribution is -2.13. The maximum absolute atomic E-state index is 2.47. The standard InChI is InChI=1S/C51H48N2/c1-31-14-23-46-47(24-31)49-30-50(52(40-19-15-32(2)36(6)25-40)41-20-16-33(3)37(7)26-41)45-13-11-10-12-44(45)48(49)29-51(46)53(42-21-17-34(4)38(8)27-42)43-22-18-35(5)39(9)28-43/h10-30H,1-9H3. The summed E-state index contributed by atoms with van der Waals surface area (Å²) in [4.78, 5) is 4.93. The van der Waals surface area contributed by atoms with E-state index in [4.69, 9.17) is 0 Å². The molecular formula is C51H48N2. The number of anilines is 6. The Morgan fingerprint density at radius 3 is 1.00 bits per heavy atom. The molecule has 2 heteroatoms. The summed E-state index contributed by atoms with van der Waals surface area (Å²) in [6.45, 7) is 19.8. The van der Waals surface area contributed by atoms with Gasteiger partial charge in [-0.05, 0) is 189 Å². The van der Waals surface area contributed by atoms with Gasteiger partial charge in [-0.3, -0.25) is 0 Å². The maximum Gasteiger partial charge on any atom is 0.0546 e. The Labute approximate surface area is 315 Å². The van der Waals surface area contributed by atoms with Gasteiger partial charge in [-0.2, -0.15) is 0 Å². The van der Waals surface area contributed by atoms with Gasteiger partial charge in [-0.25, -0.2) is 0 Å². The maximum atomic E-state index is 2.47. The van der Waals surface area contributed by atoms with Gasteiger partial charge in [0.15, 0.2) is 0 Å². The zero-order valence-corrected chi connectivity index (χ0v) is 32.5.